The van der Waals surface area contributed by atoms with Crippen LogP contribution in [0.25, 0.3) is 0 Å². The van der Waals surface area contributed by atoms with Crippen LogP contribution in [0.2, 0.25) is 5.02 Å². The first-order chi connectivity index (χ1) is 26.2. The fraction of sp³-hybridized carbons (Fsp3) is 0.513. The number of hydrogen-bond acceptors (Lipinski definition) is 9. The Kier molecular flexibility index (Phi) is 10.9. The van der Waals surface area contributed by atoms with Crippen molar-refractivity contribution in [2.45, 2.75) is 69.2 Å². The average molecular weight is 784 g/mol. The van der Waals surface area contributed by atoms with E-state index in [1.54, 1.807) is 19.3 Å². The van der Waals surface area contributed by atoms with Crippen LogP contribution in [0.15, 0.2) is 53.5 Å². The highest BCUT2D eigenvalue weighted by Crippen LogP contribution is 2.44. The van der Waals surface area contributed by atoms with E-state index in [2.05, 4.69) is 32.4 Å². The topological polar surface area (TPSA) is 129 Å². The molecule has 1 spiro atoms. The number of carbonyl (C=O) groups excluding carboxylic acids is 3. The van der Waals surface area contributed by atoms with E-state index in [4.69, 9.17) is 11.6 Å². The molecule has 12 nitrogen and oxygen atoms in total. The van der Waals surface area contributed by atoms with Gasteiger partial charge in [-0.3, -0.25) is 24.5 Å². The van der Waals surface area contributed by atoms with Crippen LogP contribution in [0.5, 0.6) is 5.75 Å². The number of hydrogen-bond donors (Lipinski definition) is 2. The summed E-state index contributed by atoms with van der Waals surface area (Å²) in [5.74, 6) is -2.19. The fourth-order valence-electron chi connectivity index (χ4n) is 8.71. The zero-order chi connectivity index (χ0) is 39.1. The van der Waals surface area contributed by atoms with Crippen molar-refractivity contribution in [2.75, 3.05) is 56.5 Å². The molecule has 55 heavy (non-hydrogen) atoms. The molecule has 1 aromatic heterocycles. The number of anilines is 2. The summed E-state index contributed by atoms with van der Waals surface area (Å²) in [5.41, 5.74) is 2.67. The molecule has 0 radical (unpaired) electrons. The summed E-state index contributed by atoms with van der Waals surface area (Å²) in [7, 11) is 3.62. The van der Waals surface area contributed by atoms with E-state index in [-0.39, 0.29) is 52.3 Å². The number of ether oxygens (including phenoxy) is 1. The third kappa shape index (κ3) is 8.62. The second-order valence-corrected chi connectivity index (χ2v) is 15.8. The van der Waals surface area contributed by atoms with Gasteiger partial charge in [-0.25, -0.2) is 4.68 Å². The molecule has 2 N–H and O–H groups in total. The van der Waals surface area contributed by atoms with E-state index in [0.717, 1.165) is 50.8 Å². The van der Waals surface area contributed by atoms with Gasteiger partial charge in [0.25, 0.3) is 11.5 Å². The first kappa shape index (κ1) is 38.6. The molecule has 16 heteroatoms. The molecule has 0 bridgehead atoms. The average Bonchev–Trinajstić information content (AvgIpc) is 3.15. The first-order valence-electron chi connectivity index (χ1n) is 18.7. The van der Waals surface area contributed by atoms with Crippen LogP contribution in [0.1, 0.15) is 78.3 Å². The van der Waals surface area contributed by atoms with Crippen molar-refractivity contribution in [3.63, 3.8) is 0 Å². The lowest BCUT2D eigenvalue weighted by molar-refractivity contribution is -0.275. The van der Waals surface area contributed by atoms with Gasteiger partial charge in [-0.15, -0.1) is 13.2 Å². The summed E-state index contributed by atoms with van der Waals surface area (Å²) >= 11 is 6.31. The zero-order valence-corrected chi connectivity index (χ0v) is 31.6. The van der Waals surface area contributed by atoms with Crippen molar-refractivity contribution in [3.8, 4) is 5.75 Å². The Labute approximate surface area is 321 Å². The summed E-state index contributed by atoms with van der Waals surface area (Å²) in [6, 6.07) is 12.5. The number of carbonyl (C=O) groups is 3. The molecule has 5 heterocycles. The number of rotatable bonds is 7. The summed E-state index contributed by atoms with van der Waals surface area (Å²) in [6.07, 6.45) is 0.973. The zero-order valence-electron chi connectivity index (χ0n) is 30.8. The molecule has 3 aromatic rings. The van der Waals surface area contributed by atoms with Crippen LogP contribution in [0.3, 0.4) is 0 Å². The summed E-state index contributed by atoms with van der Waals surface area (Å²) < 4.78 is 45.9. The second-order valence-electron chi connectivity index (χ2n) is 15.5. The maximum absolute atomic E-state index is 13.6. The molecule has 1 unspecified atom stereocenters. The lowest BCUT2D eigenvalue weighted by Gasteiger charge is -2.47. The third-order valence-electron chi connectivity index (χ3n) is 11.8. The van der Waals surface area contributed by atoms with E-state index in [1.165, 1.54) is 16.8 Å². The molecule has 0 aliphatic carbocycles. The number of halogens is 4. The molecule has 4 aliphatic heterocycles. The molecule has 294 valence electrons. The smallest absolute Gasteiger partial charge is 0.405 e. The molecular weight excluding hydrogens is 739 g/mol. The number of likely N-dealkylation sites (tertiary alicyclic amines) is 2. The molecule has 4 aliphatic rings. The van der Waals surface area contributed by atoms with Crippen molar-refractivity contribution >= 4 is 40.7 Å². The largest absolute Gasteiger partial charge is 0.573 e. The number of aryl methyl sites for hydroxylation is 1. The minimum Gasteiger partial charge on any atom is -0.405 e. The molecule has 2 aromatic carbocycles. The molecule has 4 saturated heterocycles. The van der Waals surface area contributed by atoms with Gasteiger partial charge in [0, 0.05) is 81.7 Å². The summed E-state index contributed by atoms with van der Waals surface area (Å²) in [6.45, 7) is 4.18. The van der Waals surface area contributed by atoms with Crippen molar-refractivity contribution in [2.24, 2.45) is 12.5 Å². The van der Waals surface area contributed by atoms with Gasteiger partial charge in [0.1, 0.15) is 10.8 Å². The molecule has 3 amide bonds. The Morgan fingerprint density at radius 3 is 2.35 bits per heavy atom. The van der Waals surface area contributed by atoms with Crippen molar-refractivity contribution in [1.82, 2.24) is 24.9 Å². The van der Waals surface area contributed by atoms with Crippen LogP contribution < -0.4 is 25.8 Å². The van der Waals surface area contributed by atoms with Crippen molar-refractivity contribution in [1.29, 1.82) is 0 Å². The Hall–Kier alpha value is -4.63. The highest BCUT2D eigenvalue weighted by molar-refractivity contribution is 6.32. The minimum absolute atomic E-state index is 0.000221. The van der Waals surface area contributed by atoms with Crippen LogP contribution >= 0.6 is 11.6 Å². The summed E-state index contributed by atoms with van der Waals surface area (Å²) in [4.78, 5) is 56.2. The van der Waals surface area contributed by atoms with Gasteiger partial charge >= 0.3 is 6.36 Å². The van der Waals surface area contributed by atoms with Gasteiger partial charge < -0.3 is 24.8 Å². The number of benzene rings is 2. The van der Waals surface area contributed by atoms with E-state index in [0.29, 0.717) is 43.1 Å². The first-order valence-corrected chi connectivity index (χ1v) is 19.1. The van der Waals surface area contributed by atoms with Crippen LogP contribution in [0.4, 0.5) is 24.5 Å². The number of piperidine rings is 4. The Morgan fingerprint density at radius 2 is 1.67 bits per heavy atom. The van der Waals surface area contributed by atoms with Gasteiger partial charge in [-0.05, 0) is 80.7 Å². The quantitative estimate of drug-likeness (QED) is 0.308. The predicted molar refractivity (Wildman–Crippen MR) is 200 cm³/mol. The lowest BCUT2D eigenvalue weighted by Crippen LogP contribution is -2.48. The second kappa shape index (κ2) is 15.5. The minimum atomic E-state index is -4.94. The lowest BCUT2D eigenvalue weighted by atomic mass is 9.71. The molecule has 7 rings (SSSR count). The number of alkyl halides is 3. The van der Waals surface area contributed by atoms with E-state index in [1.807, 2.05) is 34.1 Å². The molecular formula is C39H45ClF3N7O5. The Balaban J connectivity index is 0.935. The third-order valence-corrected chi connectivity index (χ3v) is 12.2. The van der Waals surface area contributed by atoms with Crippen LogP contribution in [-0.2, 0) is 16.6 Å². The van der Waals surface area contributed by atoms with Gasteiger partial charge in [-0.2, -0.15) is 5.10 Å². The normalized spacial score (nSPS) is 23.4. The van der Waals surface area contributed by atoms with Crippen LogP contribution in [0, 0.1) is 5.41 Å². The SMILES string of the molecule is CN1C[C@@H](Nc2cnn(C)c(=O)c2Cl)C[C@@H](c2ccc(C(=O)N3CCC4(CC3)CCN(c3ccc(C5CCC(=O)NC5=O)c(OC(F)(F)F)c3)CC4)cc2)C1. The fourth-order valence-corrected chi connectivity index (χ4v) is 8.94. The number of imide groups is 1. The van der Waals surface area contributed by atoms with Gasteiger partial charge in [0.05, 0.1) is 17.8 Å². The highest BCUT2D eigenvalue weighted by Gasteiger charge is 2.40. The number of aromatic nitrogens is 2. The standard InChI is InChI=1S/C39H45ClF3N7O5/c1-47-22-26(19-27(23-47)45-31-21-44-48(2)37(54)34(31)40)24-3-5-25(6-4-24)36(53)50-17-13-38(14-18-50)11-15-49(16-12-38)28-7-8-29(32(20-28)55-39(41,42)43)30-9-10-33(51)46-35(30)52/h3-8,20-21,26-27,30,45H,9-19,22-23H2,1-2H3,(H,46,51,52)/t26-,27+,30?/m1/s1. The summed E-state index contributed by atoms with van der Waals surface area (Å²) in [5, 5.41) is 9.82. The predicted octanol–water partition coefficient (Wildman–Crippen LogP) is 5.28. The van der Waals surface area contributed by atoms with Crippen molar-refractivity contribution < 1.29 is 32.3 Å². The number of amides is 3. The van der Waals surface area contributed by atoms with Gasteiger partial charge in [0.2, 0.25) is 11.8 Å². The number of nitrogens with zero attached hydrogens (tertiary/aromatic N) is 5. The van der Waals surface area contributed by atoms with E-state index in [9.17, 15) is 32.3 Å². The van der Waals surface area contributed by atoms with Crippen molar-refractivity contribution in [3.05, 3.63) is 80.7 Å². The molecule has 4 fully saturated rings. The molecule has 3 atom stereocenters. The van der Waals surface area contributed by atoms with Gasteiger partial charge in [0.15, 0.2) is 0 Å². The van der Waals surface area contributed by atoms with Gasteiger partial charge in [-0.1, -0.05) is 29.8 Å². The number of nitrogens with one attached hydrogen (secondary N) is 2. The Bertz CT molecular complexity index is 1990. The number of likely N-dealkylation sites (N-methyl/N-ethyl adjacent to an activating group) is 1. The highest BCUT2D eigenvalue weighted by atomic mass is 35.5. The maximum atomic E-state index is 13.6. The maximum Gasteiger partial charge on any atom is 0.573 e. The Morgan fingerprint density at radius 1 is 0.982 bits per heavy atom. The van der Waals surface area contributed by atoms with E-state index >= 15 is 0 Å². The van der Waals surface area contributed by atoms with Crippen LogP contribution in [-0.4, -0.2) is 96.0 Å². The monoisotopic (exact) mass is 783 g/mol. The van der Waals surface area contributed by atoms with E-state index < -0.39 is 29.8 Å². The molecule has 0 saturated carbocycles.